The molecule has 0 aromatic carbocycles. The normalized spacial score (nSPS) is 26.0. The van der Waals surface area contributed by atoms with Crippen molar-refractivity contribution < 1.29 is 8.94 Å². The first kappa shape index (κ1) is 18.0. The highest BCUT2D eigenvalue weighted by Crippen LogP contribution is 2.36. The highest BCUT2D eigenvalue weighted by Gasteiger charge is 2.38. The minimum absolute atomic E-state index is 0.170. The van der Waals surface area contributed by atoms with Gasteiger partial charge in [-0.05, 0) is 37.7 Å². The van der Waals surface area contributed by atoms with Gasteiger partial charge in [-0.15, -0.1) is 4.31 Å². The molecular weight excluding hydrogens is 353 g/mol. The number of H-pyrrole nitrogens is 1. The Morgan fingerprint density at radius 1 is 1.31 bits per heavy atom. The lowest BCUT2D eigenvalue weighted by Gasteiger charge is -2.42. The summed E-state index contributed by atoms with van der Waals surface area (Å²) in [7, 11) is 2.08. The standard InChI is InChI=1S/C18H26FN5OS/c1-23(18-16-2-5-20-17(16)21-12-22-18)15-8-14(9-15)11-26(25)24-6-3-13(10-19)4-7-24/h2,5,12-15H,3-4,6-11H2,1H3,(H,20,21,22)/t14-,15+,26?. The molecule has 1 saturated carbocycles. The van der Waals surface area contributed by atoms with Crippen LogP contribution in [0, 0.1) is 11.8 Å². The van der Waals surface area contributed by atoms with E-state index in [0.717, 1.165) is 61.4 Å². The van der Waals surface area contributed by atoms with Crippen molar-refractivity contribution in [2.45, 2.75) is 31.7 Å². The van der Waals surface area contributed by atoms with Crippen molar-refractivity contribution >= 4 is 28.2 Å². The number of piperidine rings is 1. The van der Waals surface area contributed by atoms with Crippen LogP contribution in [0.4, 0.5) is 10.2 Å². The minimum Gasteiger partial charge on any atom is -0.598 e. The third kappa shape index (κ3) is 3.54. The van der Waals surface area contributed by atoms with Crippen LogP contribution in [-0.4, -0.2) is 62.4 Å². The molecule has 0 spiro atoms. The van der Waals surface area contributed by atoms with Crippen LogP contribution in [0.25, 0.3) is 11.0 Å². The average molecular weight is 380 g/mol. The Hall–Kier alpha value is -1.38. The zero-order valence-electron chi connectivity index (χ0n) is 15.1. The van der Waals surface area contributed by atoms with Gasteiger partial charge in [-0.2, -0.15) is 0 Å². The van der Waals surface area contributed by atoms with Crippen molar-refractivity contribution in [1.82, 2.24) is 19.3 Å². The van der Waals surface area contributed by atoms with E-state index in [1.807, 2.05) is 16.6 Å². The number of halogens is 1. The SMILES string of the molecule is CN(c1ncnc2[nH]ccc12)[C@H]1C[C@@H](C[S+]([O-])N2CCC(CF)CC2)C1. The van der Waals surface area contributed by atoms with Crippen molar-refractivity contribution in [3.8, 4) is 0 Å². The van der Waals surface area contributed by atoms with Gasteiger partial charge in [0.25, 0.3) is 0 Å². The Kier molecular flexibility index (Phi) is 5.33. The molecule has 1 N–H and O–H groups in total. The van der Waals surface area contributed by atoms with E-state index in [0.29, 0.717) is 12.0 Å². The van der Waals surface area contributed by atoms with Crippen LogP contribution in [0.5, 0.6) is 0 Å². The zero-order chi connectivity index (χ0) is 18.1. The molecule has 0 radical (unpaired) electrons. The molecule has 2 aromatic rings. The summed E-state index contributed by atoms with van der Waals surface area (Å²) in [4.78, 5) is 14.0. The van der Waals surface area contributed by atoms with E-state index >= 15 is 0 Å². The molecule has 1 unspecified atom stereocenters. The molecule has 26 heavy (non-hydrogen) atoms. The van der Waals surface area contributed by atoms with Gasteiger partial charge in [-0.3, -0.25) is 4.39 Å². The van der Waals surface area contributed by atoms with Crippen LogP contribution in [0.1, 0.15) is 25.7 Å². The van der Waals surface area contributed by atoms with Crippen molar-refractivity contribution in [2.24, 2.45) is 11.8 Å². The monoisotopic (exact) mass is 379 g/mol. The molecular formula is C18H26FN5OS. The van der Waals surface area contributed by atoms with Gasteiger partial charge in [0.15, 0.2) is 0 Å². The van der Waals surface area contributed by atoms with E-state index in [9.17, 15) is 8.94 Å². The topological polar surface area (TPSA) is 71.1 Å². The number of anilines is 1. The van der Waals surface area contributed by atoms with Gasteiger partial charge in [-0.1, -0.05) is 0 Å². The fourth-order valence-corrected chi connectivity index (χ4v) is 5.54. The van der Waals surface area contributed by atoms with Crippen molar-refractivity contribution in [2.75, 3.05) is 37.5 Å². The summed E-state index contributed by atoms with van der Waals surface area (Å²) in [6.07, 6.45) is 7.22. The summed E-state index contributed by atoms with van der Waals surface area (Å²) in [5.41, 5.74) is 0.857. The largest absolute Gasteiger partial charge is 0.598 e. The highest BCUT2D eigenvalue weighted by atomic mass is 32.2. The molecule has 4 rings (SSSR count). The molecule has 1 atom stereocenters. The molecule has 2 aromatic heterocycles. The molecule has 2 aliphatic rings. The average Bonchev–Trinajstić information content (AvgIpc) is 3.12. The van der Waals surface area contributed by atoms with E-state index in [1.165, 1.54) is 0 Å². The van der Waals surface area contributed by atoms with Crippen molar-refractivity contribution in [1.29, 1.82) is 0 Å². The smallest absolute Gasteiger partial charge is 0.142 e. The summed E-state index contributed by atoms with van der Waals surface area (Å²) in [5.74, 6) is 2.34. The first-order valence-electron chi connectivity index (χ1n) is 9.36. The molecule has 3 heterocycles. The van der Waals surface area contributed by atoms with Gasteiger partial charge >= 0.3 is 0 Å². The Morgan fingerprint density at radius 2 is 2.08 bits per heavy atom. The molecule has 8 heteroatoms. The third-order valence-electron chi connectivity index (χ3n) is 5.88. The maximum Gasteiger partial charge on any atom is 0.142 e. The Bertz CT molecular complexity index is 729. The minimum atomic E-state index is -0.929. The number of alkyl halides is 1. The van der Waals surface area contributed by atoms with Gasteiger partial charge in [0.1, 0.15) is 23.5 Å². The van der Waals surface area contributed by atoms with E-state index in [4.69, 9.17) is 0 Å². The lowest BCUT2D eigenvalue weighted by molar-refractivity contribution is 0.228. The second-order valence-electron chi connectivity index (χ2n) is 7.55. The van der Waals surface area contributed by atoms with Crippen molar-refractivity contribution in [3.05, 3.63) is 18.6 Å². The number of nitrogens with zero attached hydrogens (tertiary/aromatic N) is 4. The Labute approximate surface area is 156 Å². The van der Waals surface area contributed by atoms with Crippen LogP contribution < -0.4 is 4.90 Å². The highest BCUT2D eigenvalue weighted by molar-refractivity contribution is 7.89. The lowest BCUT2D eigenvalue weighted by Crippen LogP contribution is -2.48. The summed E-state index contributed by atoms with van der Waals surface area (Å²) in [5, 5.41) is 1.04. The van der Waals surface area contributed by atoms with Gasteiger partial charge < -0.3 is 14.4 Å². The molecule has 1 aliphatic carbocycles. The number of aromatic amines is 1. The first-order chi connectivity index (χ1) is 12.7. The molecule has 1 aliphatic heterocycles. The second-order valence-corrected chi connectivity index (χ2v) is 9.05. The maximum atomic E-state index is 12.7. The second kappa shape index (κ2) is 7.70. The molecule has 142 valence electrons. The quantitative estimate of drug-likeness (QED) is 0.781. The predicted octanol–water partition coefficient (Wildman–Crippen LogP) is 2.52. The summed E-state index contributed by atoms with van der Waals surface area (Å²) >= 11 is -0.929. The van der Waals surface area contributed by atoms with E-state index in [1.54, 1.807) is 6.33 Å². The number of fused-ring (bicyclic) bond motifs is 1. The number of rotatable bonds is 6. The summed E-state index contributed by atoms with van der Waals surface area (Å²) < 4.78 is 27.3. The van der Waals surface area contributed by atoms with Crippen LogP contribution in [0.15, 0.2) is 18.6 Å². The molecule has 6 nitrogen and oxygen atoms in total. The Balaban J connectivity index is 1.28. The number of aromatic nitrogens is 3. The number of nitrogens with one attached hydrogen (secondary N) is 1. The lowest BCUT2D eigenvalue weighted by atomic mass is 9.81. The fraction of sp³-hybridized carbons (Fsp3) is 0.667. The fourth-order valence-electron chi connectivity index (χ4n) is 4.04. The molecule has 0 amide bonds. The van der Waals surface area contributed by atoms with E-state index in [-0.39, 0.29) is 12.6 Å². The van der Waals surface area contributed by atoms with Gasteiger partial charge in [0.05, 0.1) is 12.1 Å². The van der Waals surface area contributed by atoms with E-state index in [2.05, 4.69) is 26.9 Å². The third-order valence-corrected chi connectivity index (χ3v) is 7.58. The van der Waals surface area contributed by atoms with Crippen molar-refractivity contribution in [3.63, 3.8) is 0 Å². The first-order valence-corrected chi connectivity index (χ1v) is 10.6. The molecule has 1 saturated heterocycles. The molecule has 0 bridgehead atoms. The van der Waals surface area contributed by atoms with Gasteiger partial charge in [0.2, 0.25) is 0 Å². The summed E-state index contributed by atoms with van der Waals surface area (Å²) in [6.45, 7) is 1.29. The van der Waals surface area contributed by atoms with Gasteiger partial charge in [-0.25, -0.2) is 9.97 Å². The predicted molar refractivity (Wildman–Crippen MR) is 102 cm³/mol. The van der Waals surface area contributed by atoms with Crippen LogP contribution in [0.2, 0.25) is 0 Å². The van der Waals surface area contributed by atoms with Crippen LogP contribution in [-0.2, 0) is 11.4 Å². The molecule has 2 fully saturated rings. The van der Waals surface area contributed by atoms with E-state index < -0.39 is 11.4 Å². The number of hydrogen-bond donors (Lipinski definition) is 1. The number of hydrogen-bond acceptors (Lipinski definition) is 5. The van der Waals surface area contributed by atoms with Gasteiger partial charge in [0, 0.05) is 49.7 Å². The zero-order valence-corrected chi connectivity index (χ0v) is 15.9. The van der Waals surface area contributed by atoms with Crippen LogP contribution >= 0.6 is 0 Å². The summed E-state index contributed by atoms with van der Waals surface area (Å²) in [6, 6.07) is 2.44. The Morgan fingerprint density at radius 3 is 2.81 bits per heavy atom. The van der Waals surface area contributed by atoms with Crippen LogP contribution in [0.3, 0.4) is 0 Å². The maximum absolute atomic E-state index is 12.7.